The molecule has 0 unspecified atom stereocenters. The summed E-state index contributed by atoms with van der Waals surface area (Å²) in [6, 6.07) is 3.33. The maximum absolute atomic E-state index is 12.7. The lowest BCUT2D eigenvalue weighted by Gasteiger charge is -2.41. The fraction of sp³-hybridized carbons (Fsp3) is 0.526. The molecule has 2 aromatic heterocycles. The quantitative estimate of drug-likeness (QED) is 0.809. The van der Waals surface area contributed by atoms with Crippen LogP contribution in [0.2, 0.25) is 5.02 Å². The molecule has 1 saturated carbocycles. The zero-order valence-corrected chi connectivity index (χ0v) is 15.3. The highest BCUT2D eigenvalue weighted by molar-refractivity contribution is 6.30. The van der Waals surface area contributed by atoms with Crippen molar-refractivity contribution in [2.24, 2.45) is 11.8 Å². The molecule has 1 aliphatic carbocycles. The van der Waals surface area contributed by atoms with Crippen LogP contribution in [-0.2, 0) is 6.61 Å². The van der Waals surface area contributed by atoms with Crippen LogP contribution in [0.25, 0.3) is 0 Å². The molecule has 1 amide bonds. The van der Waals surface area contributed by atoms with Gasteiger partial charge in [-0.1, -0.05) is 36.0 Å². The molecule has 3 heterocycles. The molecule has 138 valence electrons. The number of pyridine rings is 1. The fourth-order valence-corrected chi connectivity index (χ4v) is 4.22. The summed E-state index contributed by atoms with van der Waals surface area (Å²) < 4.78 is 10.8. The van der Waals surface area contributed by atoms with Crippen LogP contribution in [0, 0.1) is 11.8 Å². The van der Waals surface area contributed by atoms with Crippen LogP contribution in [0.4, 0.5) is 0 Å². The molecule has 1 saturated heterocycles. The number of likely N-dealkylation sites (tertiary alicyclic amines) is 1. The molecular formula is C19H22ClN3O3. The molecule has 2 aromatic rings. The molecule has 2 fully saturated rings. The molecule has 26 heavy (non-hydrogen) atoms. The number of fused-ring (bicyclic) bond motifs is 1. The molecule has 0 N–H and O–H groups in total. The van der Waals surface area contributed by atoms with Crippen molar-refractivity contribution in [1.29, 1.82) is 0 Å². The topological polar surface area (TPSA) is 68.5 Å². The number of rotatable bonds is 4. The summed E-state index contributed by atoms with van der Waals surface area (Å²) >= 11 is 5.88. The molecule has 1 aliphatic heterocycles. The zero-order chi connectivity index (χ0) is 17.9. The van der Waals surface area contributed by atoms with E-state index in [0.29, 0.717) is 28.1 Å². The number of hydrogen-bond donors (Lipinski definition) is 0. The van der Waals surface area contributed by atoms with E-state index in [1.165, 1.54) is 31.9 Å². The third kappa shape index (κ3) is 3.85. The van der Waals surface area contributed by atoms with Gasteiger partial charge in [-0.25, -0.2) is 0 Å². The number of piperidine rings is 1. The lowest BCUT2D eigenvalue weighted by molar-refractivity contribution is 0.0511. The van der Waals surface area contributed by atoms with Crippen molar-refractivity contribution in [2.75, 3.05) is 13.1 Å². The van der Waals surface area contributed by atoms with E-state index < -0.39 is 0 Å². The van der Waals surface area contributed by atoms with E-state index in [-0.39, 0.29) is 12.5 Å². The molecule has 0 spiro atoms. The normalized spacial score (nSPS) is 22.7. The number of aromatic nitrogens is 2. The number of hydrogen-bond acceptors (Lipinski definition) is 5. The zero-order valence-electron chi connectivity index (χ0n) is 14.6. The summed E-state index contributed by atoms with van der Waals surface area (Å²) in [5.41, 5.74) is 0.349. The average molecular weight is 376 g/mol. The number of carbonyl (C=O) groups excluding carboxylic acids is 1. The second-order valence-corrected chi connectivity index (χ2v) is 7.59. The SMILES string of the molecule is O=C(c1cc(COc2cncc(Cl)c2)on1)N1CC[C@@H]2CCCC[C@H]2C1. The number of ether oxygens (including phenoxy) is 1. The Labute approximate surface area is 157 Å². The summed E-state index contributed by atoms with van der Waals surface area (Å²) in [5, 5.41) is 4.44. The van der Waals surface area contributed by atoms with Gasteiger partial charge in [0.1, 0.15) is 12.4 Å². The fourth-order valence-electron chi connectivity index (χ4n) is 4.05. The van der Waals surface area contributed by atoms with Gasteiger partial charge in [-0.05, 0) is 24.7 Å². The molecular weight excluding hydrogens is 354 g/mol. The Balaban J connectivity index is 1.35. The Kier molecular flexibility index (Phi) is 5.11. The van der Waals surface area contributed by atoms with E-state index in [0.717, 1.165) is 25.4 Å². The highest BCUT2D eigenvalue weighted by Gasteiger charge is 2.34. The van der Waals surface area contributed by atoms with E-state index in [2.05, 4.69) is 10.1 Å². The average Bonchev–Trinajstić information content (AvgIpc) is 3.14. The lowest BCUT2D eigenvalue weighted by Crippen LogP contribution is -2.44. The smallest absolute Gasteiger partial charge is 0.276 e. The monoisotopic (exact) mass is 375 g/mol. The van der Waals surface area contributed by atoms with Crippen molar-refractivity contribution in [2.45, 2.75) is 38.7 Å². The van der Waals surface area contributed by atoms with Gasteiger partial charge in [0.05, 0.1) is 11.2 Å². The summed E-state index contributed by atoms with van der Waals surface area (Å²) in [6.45, 7) is 1.83. The van der Waals surface area contributed by atoms with Gasteiger partial charge in [-0.3, -0.25) is 9.78 Å². The summed E-state index contributed by atoms with van der Waals surface area (Å²) in [7, 11) is 0. The van der Waals surface area contributed by atoms with Crippen molar-refractivity contribution in [1.82, 2.24) is 15.0 Å². The Hall–Kier alpha value is -2.08. The van der Waals surface area contributed by atoms with E-state index in [4.69, 9.17) is 20.9 Å². The van der Waals surface area contributed by atoms with Crippen molar-refractivity contribution in [3.63, 3.8) is 0 Å². The van der Waals surface area contributed by atoms with Gasteiger partial charge >= 0.3 is 0 Å². The predicted molar refractivity (Wildman–Crippen MR) is 96.1 cm³/mol. The molecule has 6 nitrogen and oxygen atoms in total. The molecule has 2 aliphatic rings. The maximum atomic E-state index is 12.7. The minimum absolute atomic E-state index is 0.0477. The third-order valence-electron chi connectivity index (χ3n) is 5.42. The minimum atomic E-state index is -0.0477. The highest BCUT2D eigenvalue weighted by Crippen LogP contribution is 2.36. The molecule has 4 rings (SSSR count). The van der Waals surface area contributed by atoms with Crippen molar-refractivity contribution >= 4 is 17.5 Å². The Morgan fingerprint density at radius 3 is 2.92 bits per heavy atom. The van der Waals surface area contributed by atoms with Crippen LogP contribution in [-0.4, -0.2) is 34.0 Å². The van der Waals surface area contributed by atoms with Crippen LogP contribution in [0.3, 0.4) is 0 Å². The Bertz CT molecular complexity index is 779. The first-order valence-corrected chi connectivity index (χ1v) is 9.55. The van der Waals surface area contributed by atoms with Gasteiger partial charge in [-0.2, -0.15) is 0 Å². The van der Waals surface area contributed by atoms with Gasteiger partial charge in [0, 0.05) is 31.4 Å². The van der Waals surface area contributed by atoms with Crippen LogP contribution >= 0.6 is 11.6 Å². The van der Waals surface area contributed by atoms with Gasteiger partial charge in [0.15, 0.2) is 11.5 Å². The van der Waals surface area contributed by atoms with E-state index >= 15 is 0 Å². The molecule has 7 heteroatoms. The summed E-state index contributed by atoms with van der Waals surface area (Å²) in [5.74, 6) is 2.43. The number of carbonyl (C=O) groups is 1. The van der Waals surface area contributed by atoms with Gasteiger partial charge in [0.25, 0.3) is 5.91 Å². The third-order valence-corrected chi connectivity index (χ3v) is 5.62. The molecule has 0 bridgehead atoms. The number of halogens is 1. The first-order chi connectivity index (χ1) is 12.7. The van der Waals surface area contributed by atoms with E-state index in [1.54, 1.807) is 18.3 Å². The van der Waals surface area contributed by atoms with E-state index in [9.17, 15) is 4.79 Å². The Morgan fingerprint density at radius 1 is 1.23 bits per heavy atom. The first-order valence-electron chi connectivity index (χ1n) is 9.17. The standard InChI is InChI=1S/C19H22ClN3O3/c20-15-7-16(10-21-9-15)25-12-17-8-18(22-26-17)19(24)23-6-5-13-3-1-2-4-14(13)11-23/h7-10,13-14H,1-6,11-12H2/t13-,14-/m0/s1. The van der Waals surface area contributed by atoms with Gasteiger partial charge < -0.3 is 14.2 Å². The Morgan fingerprint density at radius 2 is 2.08 bits per heavy atom. The largest absolute Gasteiger partial charge is 0.484 e. The lowest BCUT2D eigenvalue weighted by atomic mass is 9.75. The first kappa shape index (κ1) is 17.3. The number of nitrogens with zero attached hydrogens (tertiary/aromatic N) is 3. The highest BCUT2D eigenvalue weighted by atomic mass is 35.5. The van der Waals surface area contributed by atoms with Gasteiger partial charge in [0.2, 0.25) is 0 Å². The van der Waals surface area contributed by atoms with Gasteiger partial charge in [-0.15, -0.1) is 0 Å². The van der Waals surface area contributed by atoms with Crippen LogP contribution in [0.1, 0.15) is 48.4 Å². The maximum Gasteiger partial charge on any atom is 0.276 e. The molecule has 0 radical (unpaired) electrons. The predicted octanol–water partition coefficient (Wildman–Crippen LogP) is 3.95. The second kappa shape index (κ2) is 7.66. The minimum Gasteiger partial charge on any atom is -0.484 e. The summed E-state index contributed by atoms with van der Waals surface area (Å²) in [4.78, 5) is 18.6. The molecule has 2 atom stereocenters. The van der Waals surface area contributed by atoms with E-state index in [1.807, 2.05) is 4.90 Å². The second-order valence-electron chi connectivity index (χ2n) is 7.15. The summed E-state index contributed by atoms with van der Waals surface area (Å²) in [6.07, 6.45) is 9.39. The van der Waals surface area contributed by atoms with Crippen molar-refractivity contribution in [3.8, 4) is 5.75 Å². The molecule has 0 aromatic carbocycles. The van der Waals surface area contributed by atoms with Crippen molar-refractivity contribution < 1.29 is 14.1 Å². The van der Waals surface area contributed by atoms with Crippen LogP contribution in [0.5, 0.6) is 5.75 Å². The van der Waals surface area contributed by atoms with Crippen LogP contribution in [0.15, 0.2) is 29.0 Å². The van der Waals surface area contributed by atoms with Crippen LogP contribution < -0.4 is 4.74 Å². The van der Waals surface area contributed by atoms with Crippen molar-refractivity contribution in [3.05, 3.63) is 41.0 Å². The number of amides is 1.